The van der Waals surface area contributed by atoms with Crippen molar-refractivity contribution in [2.24, 2.45) is 5.92 Å². The third-order valence-electron chi connectivity index (χ3n) is 4.43. The monoisotopic (exact) mass is 288 g/mol. The molecule has 4 heteroatoms. The molecule has 1 atom stereocenters. The van der Waals surface area contributed by atoms with Crippen LogP contribution in [0.4, 0.5) is 0 Å². The van der Waals surface area contributed by atoms with Gasteiger partial charge in [0.1, 0.15) is 0 Å². The zero-order valence-corrected chi connectivity index (χ0v) is 12.8. The van der Waals surface area contributed by atoms with Crippen LogP contribution in [-0.2, 0) is 16.0 Å². The lowest BCUT2D eigenvalue weighted by molar-refractivity contribution is -0.145. The Hall–Kier alpha value is -1.42. The summed E-state index contributed by atoms with van der Waals surface area (Å²) in [6.07, 6.45) is 7.83. The first-order valence-electron chi connectivity index (χ1n) is 8.11. The summed E-state index contributed by atoms with van der Waals surface area (Å²) in [5.74, 6) is 0.648. The molecule has 4 nitrogen and oxygen atoms in total. The minimum Gasteiger partial charge on any atom is -0.465 e. The number of aryl methyl sites for hydroxylation is 1. The first-order valence-corrected chi connectivity index (χ1v) is 8.11. The standard InChI is InChI=1S/C17H24N2O2/c1-2-21-16(20)12-19(11-13-8-9-13)15-7-3-5-14-6-4-10-18-17(14)15/h4,6,10,13,15H,2-3,5,7-9,11-12H2,1H3/t15-/m1/s1. The Morgan fingerprint density at radius 1 is 1.43 bits per heavy atom. The number of nitrogens with zero attached hydrogens (tertiary/aromatic N) is 2. The zero-order chi connectivity index (χ0) is 14.7. The van der Waals surface area contributed by atoms with Crippen molar-refractivity contribution >= 4 is 5.97 Å². The maximum Gasteiger partial charge on any atom is 0.320 e. The van der Waals surface area contributed by atoms with Gasteiger partial charge in [0.2, 0.25) is 0 Å². The van der Waals surface area contributed by atoms with Crippen LogP contribution in [0.25, 0.3) is 0 Å². The van der Waals surface area contributed by atoms with Gasteiger partial charge in [-0.1, -0.05) is 6.07 Å². The van der Waals surface area contributed by atoms with Gasteiger partial charge in [0, 0.05) is 12.7 Å². The molecule has 2 aliphatic carbocycles. The molecule has 21 heavy (non-hydrogen) atoms. The van der Waals surface area contributed by atoms with Crippen LogP contribution in [0, 0.1) is 5.92 Å². The summed E-state index contributed by atoms with van der Waals surface area (Å²) in [6, 6.07) is 4.46. The number of carbonyl (C=O) groups is 1. The molecule has 1 fully saturated rings. The first kappa shape index (κ1) is 14.5. The van der Waals surface area contributed by atoms with E-state index in [-0.39, 0.29) is 12.0 Å². The summed E-state index contributed by atoms with van der Waals surface area (Å²) in [5, 5.41) is 0. The molecule has 0 amide bonds. The lowest BCUT2D eigenvalue weighted by atomic mass is 9.90. The van der Waals surface area contributed by atoms with E-state index in [1.165, 1.54) is 30.5 Å². The molecule has 0 spiro atoms. The molecule has 1 heterocycles. The SMILES string of the molecule is CCOC(=O)CN(CC1CC1)[C@@H]1CCCc2cccnc21. The fourth-order valence-electron chi connectivity index (χ4n) is 3.25. The summed E-state index contributed by atoms with van der Waals surface area (Å²) >= 11 is 0. The highest BCUT2D eigenvalue weighted by Gasteiger charge is 2.33. The van der Waals surface area contributed by atoms with E-state index >= 15 is 0 Å². The molecule has 2 aliphatic rings. The lowest BCUT2D eigenvalue weighted by Gasteiger charge is -2.34. The number of ether oxygens (including phenoxy) is 1. The lowest BCUT2D eigenvalue weighted by Crippen LogP contribution is -2.38. The number of carbonyl (C=O) groups excluding carboxylic acids is 1. The predicted molar refractivity (Wildman–Crippen MR) is 80.8 cm³/mol. The first-order chi connectivity index (χ1) is 10.3. The summed E-state index contributed by atoms with van der Waals surface area (Å²) < 4.78 is 5.15. The number of fused-ring (bicyclic) bond motifs is 1. The van der Waals surface area contributed by atoms with Gasteiger partial charge in [0.05, 0.1) is 24.9 Å². The van der Waals surface area contributed by atoms with Crippen molar-refractivity contribution in [3.05, 3.63) is 29.6 Å². The highest BCUT2D eigenvalue weighted by atomic mass is 16.5. The topological polar surface area (TPSA) is 42.4 Å². The van der Waals surface area contributed by atoms with Crippen LogP contribution in [0.3, 0.4) is 0 Å². The minimum atomic E-state index is -0.110. The van der Waals surface area contributed by atoms with E-state index in [2.05, 4.69) is 16.0 Å². The van der Waals surface area contributed by atoms with E-state index in [4.69, 9.17) is 4.74 Å². The Kier molecular flexibility index (Phi) is 4.54. The predicted octanol–water partition coefficient (Wildman–Crippen LogP) is 2.73. The van der Waals surface area contributed by atoms with Gasteiger partial charge < -0.3 is 4.74 Å². The quantitative estimate of drug-likeness (QED) is 0.755. The Labute approximate surface area is 126 Å². The smallest absolute Gasteiger partial charge is 0.320 e. The Bertz CT molecular complexity index is 499. The van der Waals surface area contributed by atoms with E-state index < -0.39 is 0 Å². The fraction of sp³-hybridized carbons (Fsp3) is 0.647. The van der Waals surface area contributed by atoms with E-state index in [1.54, 1.807) is 0 Å². The van der Waals surface area contributed by atoms with Crippen LogP contribution >= 0.6 is 0 Å². The average molecular weight is 288 g/mol. The van der Waals surface area contributed by atoms with E-state index in [0.717, 1.165) is 25.3 Å². The van der Waals surface area contributed by atoms with Gasteiger partial charge in [-0.15, -0.1) is 0 Å². The summed E-state index contributed by atoms with van der Waals surface area (Å²) in [5.41, 5.74) is 2.52. The van der Waals surface area contributed by atoms with Gasteiger partial charge in [-0.05, 0) is 56.6 Å². The van der Waals surface area contributed by atoms with Gasteiger partial charge in [0.25, 0.3) is 0 Å². The normalized spacial score (nSPS) is 21.1. The Morgan fingerprint density at radius 2 is 2.29 bits per heavy atom. The minimum absolute atomic E-state index is 0.110. The molecule has 1 saturated carbocycles. The Morgan fingerprint density at radius 3 is 3.05 bits per heavy atom. The van der Waals surface area contributed by atoms with Crippen molar-refractivity contribution < 1.29 is 9.53 Å². The van der Waals surface area contributed by atoms with Crippen LogP contribution in [0.2, 0.25) is 0 Å². The maximum atomic E-state index is 11.9. The van der Waals surface area contributed by atoms with E-state index in [0.29, 0.717) is 13.2 Å². The van der Waals surface area contributed by atoms with Gasteiger partial charge in [0.15, 0.2) is 0 Å². The third kappa shape index (κ3) is 3.62. The highest BCUT2D eigenvalue weighted by Crippen LogP contribution is 2.37. The fourth-order valence-corrected chi connectivity index (χ4v) is 3.25. The van der Waals surface area contributed by atoms with Gasteiger partial charge >= 0.3 is 5.97 Å². The van der Waals surface area contributed by atoms with E-state index in [1.807, 2.05) is 19.2 Å². The highest BCUT2D eigenvalue weighted by molar-refractivity contribution is 5.71. The Balaban J connectivity index is 1.77. The second kappa shape index (κ2) is 6.56. The molecule has 114 valence electrons. The molecule has 1 aromatic rings. The molecule has 0 bridgehead atoms. The molecule has 0 radical (unpaired) electrons. The van der Waals surface area contributed by atoms with Crippen molar-refractivity contribution in [1.82, 2.24) is 9.88 Å². The molecular formula is C17H24N2O2. The van der Waals surface area contributed by atoms with Crippen molar-refractivity contribution in [3.63, 3.8) is 0 Å². The summed E-state index contributed by atoms with van der Waals surface area (Å²) in [6.45, 7) is 3.71. The van der Waals surface area contributed by atoms with Crippen molar-refractivity contribution in [2.75, 3.05) is 19.7 Å². The molecule has 0 saturated heterocycles. The van der Waals surface area contributed by atoms with Gasteiger partial charge in [-0.25, -0.2) is 0 Å². The number of aromatic nitrogens is 1. The largest absolute Gasteiger partial charge is 0.465 e. The van der Waals surface area contributed by atoms with Crippen LogP contribution in [0.15, 0.2) is 18.3 Å². The van der Waals surface area contributed by atoms with Gasteiger partial charge in [-0.3, -0.25) is 14.7 Å². The van der Waals surface area contributed by atoms with Crippen LogP contribution in [-0.4, -0.2) is 35.5 Å². The molecule has 0 aliphatic heterocycles. The molecule has 0 N–H and O–H groups in total. The van der Waals surface area contributed by atoms with E-state index in [9.17, 15) is 4.79 Å². The number of esters is 1. The maximum absolute atomic E-state index is 11.9. The average Bonchev–Trinajstić information content (AvgIpc) is 3.30. The van der Waals surface area contributed by atoms with Crippen molar-refractivity contribution in [1.29, 1.82) is 0 Å². The number of hydrogen-bond donors (Lipinski definition) is 0. The number of pyridine rings is 1. The molecule has 1 aromatic heterocycles. The number of rotatable bonds is 6. The number of hydrogen-bond acceptors (Lipinski definition) is 4. The molecule has 0 unspecified atom stereocenters. The summed E-state index contributed by atoms with van der Waals surface area (Å²) in [7, 11) is 0. The molecule has 0 aromatic carbocycles. The molecule has 3 rings (SSSR count). The second-order valence-electron chi connectivity index (χ2n) is 6.13. The van der Waals surface area contributed by atoms with Crippen molar-refractivity contribution in [3.8, 4) is 0 Å². The van der Waals surface area contributed by atoms with Crippen LogP contribution in [0.5, 0.6) is 0 Å². The van der Waals surface area contributed by atoms with Crippen molar-refractivity contribution in [2.45, 2.75) is 45.1 Å². The van der Waals surface area contributed by atoms with Crippen LogP contribution in [0.1, 0.15) is 49.9 Å². The summed E-state index contributed by atoms with van der Waals surface area (Å²) in [4.78, 5) is 18.8. The van der Waals surface area contributed by atoms with Crippen LogP contribution < -0.4 is 0 Å². The molecular weight excluding hydrogens is 264 g/mol. The van der Waals surface area contributed by atoms with Gasteiger partial charge in [-0.2, -0.15) is 0 Å². The second-order valence-corrected chi connectivity index (χ2v) is 6.13. The third-order valence-corrected chi connectivity index (χ3v) is 4.43. The zero-order valence-electron chi connectivity index (χ0n) is 12.8.